The lowest BCUT2D eigenvalue weighted by Gasteiger charge is -2.13. The Kier molecular flexibility index (Phi) is 5.58. The van der Waals surface area contributed by atoms with Gasteiger partial charge in [-0.25, -0.2) is 0 Å². The monoisotopic (exact) mass is 363 g/mol. The van der Waals surface area contributed by atoms with E-state index >= 15 is 0 Å². The van der Waals surface area contributed by atoms with Gasteiger partial charge in [-0.1, -0.05) is 28.1 Å². The van der Waals surface area contributed by atoms with Crippen LogP contribution in [0.2, 0.25) is 0 Å². The second-order valence-corrected chi connectivity index (χ2v) is 5.04. The number of hydrogen-bond donors (Lipinski definition) is 0. The van der Waals surface area contributed by atoms with Gasteiger partial charge in [-0.2, -0.15) is 0 Å². The van der Waals surface area contributed by atoms with Crippen LogP contribution in [0.4, 0.5) is 0 Å². The van der Waals surface area contributed by atoms with Gasteiger partial charge in [0.2, 0.25) is 0 Å². The molecule has 1 aromatic carbocycles. The molecule has 0 atom stereocenters. The minimum atomic E-state index is 0. The van der Waals surface area contributed by atoms with Gasteiger partial charge in [0.05, 0.1) is 12.4 Å². The Labute approximate surface area is 118 Å². The molecule has 0 spiro atoms. The van der Waals surface area contributed by atoms with Gasteiger partial charge < -0.3 is 4.90 Å². The molecule has 2 rings (SSSR count). The van der Waals surface area contributed by atoms with Crippen molar-refractivity contribution in [2.24, 2.45) is 0 Å². The van der Waals surface area contributed by atoms with E-state index in [-0.39, 0.29) is 22.8 Å². The molecule has 0 amide bonds. The molecule has 0 radical (unpaired) electrons. The minimum absolute atomic E-state index is 0. The van der Waals surface area contributed by atoms with Crippen molar-refractivity contribution < 1.29 is 4.79 Å². The van der Waals surface area contributed by atoms with Crippen LogP contribution in [0.1, 0.15) is 10.4 Å². The second kappa shape index (κ2) is 6.47. The molecular weight excluding hydrogens is 354 g/mol. The fourth-order valence-corrected chi connectivity index (χ4v) is 2.30. The second-order valence-electron chi connectivity index (χ2n) is 3.26. The normalized spacial score (nSPS) is 13.7. The quantitative estimate of drug-likeness (QED) is 0.763. The Bertz CT molecular complexity index is 391. The summed E-state index contributed by atoms with van der Waals surface area (Å²) in [5.41, 5.74) is 0.767. The van der Waals surface area contributed by atoms with Gasteiger partial charge in [-0.3, -0.25) is 4.79 Å². The molecule has 0 saturated heterocycles. The van der Waals surface area contributed by atoms with E-state index in [2.05, 4.69) is 15.9 Å². The lowest BCUT2D eigenvalue weighted by atomic mass is 10.1. The molecule has 0 unspecified atom stereocenters. The number of carbonyl (C=O) groups excluding carboxylic acids is 1. The predicted octanol–water partition coefficient (Wildman–Crippen LogP) is 3.69. The maximum Gasteiger partial charge on any atom is 0.182 e. The van der Waals surface area contributed by atoms with Crippen molar-refractivity contribution in [2.45, 2.75) is 0 Å². The molecule has 1 heterocycles. The van der Waals surface area contributed by atoms with Crippen molar-refractivity contribution in [3.05, 3.63) is 45.9 Å². The highest BCUT2D eigenvalue weighted by Crippen LogP contribution is 2.16. The van der Waals surface area contributed by atoms with Crippen molar-refractivity contribution in [3.8, 4) is 0 Å². The molecule has 5 heteroatoms. The molecular formula is C11H11Br2NOS. The van der Waals surface area contributed by atoms with Gasteiger partial charge in [0, 0.05) is 16.2 Å². The molecule has 0 aliphatic carbocycles. The Balaban J connectivity index is 0.00000128. The fourth-order valence-electron chi connectivity index (χ4n) is 1.32. The summed E-state index contributed by atoms with van der Waals surface area (Å²) < 4.78 is 0.996. The van der Waals surface area contributed by atoms with Gasteiger partial charge in [0.25, 0.3) is 0 Å². The first kappa shape index (κ1) is 13.8. The number of hydrogen-bond acceptors (Lipinski definition) is 3. The fraction of sp³-hybridized carbons (Fsp3) is 0.182. The first-order chi connectivity index (χ1) is 7.25. The molecule has 1 aromatic rings. The number of carbonyl (C=O) groups is 1. The third kappa shape index (κ3) is 3.64. The van der Waals surface area contributed by atoms with Gasteiger partial charge in [-0.15, -0.1) is 28.7 Å². The van der Waals surface area contributed by atoms with Crippen LogP contribution in [0.25, 0.3) is 0 Å². The minimum Gasteiger partial charge on any atom is -0.360 e. The maximum atomic E-state index is 11.8. The summed E-state index contributed by atoms with van der Waals surface area (Å²) in [5.74, 6) is 1.04. The SMILES string of the molecule is Br.O=C(CN1C=CSC1)c1ccc(Br)cc1. The molecule has 86 valence electrons. The van der Waals surface area contributed by atoms with Crippen LogP contribution < -0.4 is 0 Å². The van der Waals surface area contributed by atoms with Gasteiger partial charge in [0.15, 0.2) is 5.78 Å². The van der Waals surface area contributed by atoms with Crippen LogP contribution in [0, 0.1) is 0 Å². The van der Waals surface area contributed by atoms with Crippen LogP contribution in [-0.4, -0.2) is 23.1 Å². The number of thioether (sulfide) groups is 1. The Morgan fingerprint density at radius 1 is 1.38 bits per heavy atom. The standard InChI is InChI=1S/C11H10BrNOS.BrH/c12-10-3-1-9(2-4-10)11(14)7-13-5-6-15-8-13;/h1-6H,7-8H2;1H. The molecule has 0 N–H and O–H groups in total. The summed E-state index contributed by atoms with van der Waals surface area (Å²) in [7, 11) is 0. The highest BCUT2D eigenvalue weighted by atomic mass is 79.9. The summed E-state index contributed by atoms with van der Waals surface area (Å²) in [6.07, 6.45) is 1.96. The lowest BCUT2D eigenvalue weighted by molar-refractivity contribution is 0.0963. The Hall–Kier alpha value is -0.260. The van der Waals surface area contributed by atoms with E-state index in [0.29, 0.717) is 6.54 Å². The van der Waals surface area contributed by atoms with E-state index in [1.807, 2.05) is 40.8 Å². The van der Waals surface area contributed by atoms with E-state index in [1.54, 1.807) is 11.8 Å². The number of benzene rings is 1. The van der Waals surface area contributed by atoms with Gasteiger partial charge in [-0.05, 0) is 17.5 Å². The van der Waals surface area contributed by atoms with Crippen LogP contribution in [0.15, 0.2) is 40.3 Å². The van der Waals surface area contributed by atoms with E-state index < -0.39 is 0 Å². The van der Waals surface area contributed by atoms with Crippen molar-refractivity contribution in [1.82, 2.24) is 4.90 Å². The zero-order chi connectivity index (χ0) is 10.7. The summed E-state index contributed by atoms with van der Waals surface area (Å²) in [6, 6.07) is 7.47. The largest absolute Gasteiger partial charge is 0.360 e. The third-order valence-corrected chi connectivity index (χ3v) is 3.44. The zero-order valence-electron chi connectivity index (χ0n) is 8.43. The number of Topliss-reactive ketones (excluding diaryl/α,β-unsaturated/α-hetero) is 1. The first-order valence-electron chi connectivity index (χ1n) is 4.57. The van der Waals surface area contributed by atoms with Gasteiger partial charge in [0.1, 0.15) is 0 Å². The average molecular weight is 365 g/mol. The summed E-state index contributed by atoms with van der Waals surface area (Å²) >= 11 is 5.05. The van der Waals surface area contributed by atoms with Crippen LogP contribution in [0.3, 0.4) is 0 Å². The third-order valence-electron chi connectivity index (χ3n) is 2.12. The number of rotatable bonds is 3. The van der Waals surface area contributed by atoms with Crippen molar-refractivity contribution in [3.63, 3.8) is 0 Å². The molecule has 0 bridgehead atoms. The van der Waals surface area contributed by atoms with Crippen LogP contribution in [-0.2, 0) is 0 Å². The molecule has 0 saturated carbocycles. The average Bonchev–Trinajstić information content (AvgIpc) is 2.71. The highest BCUT2D eigenvalue weighted by molar-refractivity contribution is 9.10. The van der Waals surface area contributed by atoms with E-state index in [1.165, 1.54) is 0 Å². The molecule has 1 aliphatic rings. The number of nitrogens with zero attached hydrogens (tertiary/aromatic N) is 1. The van der Waals surface area contributed by atoms with Crippen molar-refractivity contribution in [1.29, 1.82) is 0 Å². The highest BCUT2D eigenvalue weighted by Gasteiger charge is 2.11. The lowest BCUT2D eigenvalue weighted by Crippen LogP contribution is -2.22. The molecule has 2 nitrogen and oxygen atoms in total. The van der Waals surface area contributed by atoms with Crippen molar-refractivity contribution in [2.75, 3.05) is 12.4 Å². The van der Waals surface area contributed by atoms with E-state index in [0.717, 1.165) is 15.9 Å². The van der Waals surface area contributed by atoms with Gasteiger partial charge >= 0.3 is 0 Å². The summed E-state index contributed by atoms with van der Waals surface area (Å²) in [6.45, 7) is 0.463. The Morgan fingerprint density at radius 3 is 2.62 bits per heavy atom. The van der Waals surface area contributed by atoms with Crippen molar-refractivity contribution >= 4 is 50.5 Å². The Morgan fingerprint density at radius 2 is 2.06 bits per heavy atom. The van der Waals surface area contributed by atoms with Crippen LogP contribution >= 0.6 is 44.7 Å². The molecule has 0 fully saturated rings. The molecule has 16 heavy (non-hydrogen) atoms. The topological polar surface area (TPSA) is 20.3 Å². The van der Waals surface area contributed by atoms with E-state index in [9.17, 15) is 4.79 Å². The first-order valence-corrected chi connectivity index (χ1v) is 6.41. The van der Waals surface area contributed by atoms with Crippen LogP contribution in [0.5, 0.6) is 0 Å². The zero-order valence-corrected chi connectivity index (χ0v) is 12.5. The van der Waals surface area contributed by atoms with E-state index in [4.69, 9.17) is 0 Å². The molecule has 0 aromatic heterocycles. The maximum absolute atomic E-state index is 11.8. The number of halogens is 2. The molecule has 1 aliphatic heterocycles. The summed E-state index contributed by atoms with van der Waals surface area (Å²) in [4.78, 5) is 13.8. The predicted molar refractivity (Wildman–Crippen MR) is 77.1 cm³/mol. The smallest absolute Gasteiger partial charge is 0.182 e. The summed E-state index contributed by atoms with van der Waals surface area (Å²) in [5, 5.41) is 2.01. The number of ketones is 1.